The topological polar surface area (TPSA) is 44.1 Å². The number of hydrogen-bond donors (Lipinski definition) is 0. The highest BCUT2D eigenvalue weighted by atomic mass is 16.5. The molecule has 1 aliphatic rings. The molecule has 4 nitrogen and oxygen atoms in total. The third-order valence-electron chi connectivity index (χ3n) is 4.97. The Labute approximate surface area is 150 Å². The number of imidazole rings is 1. The first kappa shape index (κ1) is 17.7. The first-order valence-electron chi connectivity index (χ1n) is 9.47. The maximum atomic E-state index is 12.9. The van der Waals surface area contributed by atoms with Gasteiger partial charge in [0.25, 0.3) is 0 Å². The Balaban J connectivity index is 1.80. The highest BCUT2D eigenvalue weighted by Crippen LogP contribution is 2.33. The Morgan fingerprint density at radius 2 is 1.96 bits per heavy atom. The second kappa shape index (κ2) is 7.85. The summed E-state index contributed by atoms with van der Waals surface area (Å²) in [5.74, 6) is 2.25. The molecule has 0 spiro atoms. The van der Waals surface area contributed by atoms with Crippen molar-refractivity contribution in [2.75, 3.05) is 6.61 Å². The smallest absolute Gasteiger partial charge is 0.164 e. The van der Waals surface area contributed by atoms with E-state index < -0.39 is 0 Å². The number of hydrogen-bond acceptors (Lipinski definition) is 3. The third-order valence-corrected chi connectivity index (χ3v) is 4.97. The number of ketones is 1. The molecule has 0 fully saturated rings. The third kappa shape index (κ3) is 3.78. The molecular formula is C21H28N2O2. The second-order valence-electron chi connectivity index (χ2n) is 6.73. The lowest BCUT2D eigenvalue weighted by Gasteiger charge is -2.22. The minimum Gasteiger partial charge on any atom is -0.494 e. The zero-order valence-corrected chi connectivity index (χ0v) is 15.6. The highest BCUT2D eigenvalue weighted by molar-refractivity contribution is 5.98. The first-order chi connectivity index (χ1) is 12.1. The molecule has 1 heterocycles. The van der Waals surface area contributed by atoms with Crippen LogP contribution < -0.4 is 4.74 Å². The molecule has 3 rings (SSSR count). The van der Waals surface area contributed by atoms with Gasteiger partial charge in [-0.1, -0.05) is 6.92 Å². The van der Waals surface area contributed by atoms with E-state index >= 15 is 0 Å². The van der Waals surface area contributed by atoms with Gasteiger partial charge in [-0.2, -0.15) is 0 Å². The van der Waals surface area contributed by atoms with Crippen molar-refractivity contribution < 1.29 is 9.53 Å². The molecule has 1 aromatic heterocycles. The molecule has 134 valence electrons. The average molecular weight is 340 g/mol. The number of Topliss-reactive ketones (excluding diaryl/α,β-unsaturated/α-hetero) is 1. The summed E-state index contributed by atoms with van der Waals surface area (Å²) in [7, 11) is 0. The molecule has 25 heavy (non-hydrogen) atoms. The van der Waals surface area contributed by atoms with Crippen LogP contribution in [0.4, 0.5) is 0 Å². The minimum absolute atomic E-state index is 0.231. The molecule has 0 aliphatic heterocycles. The lowest BCUT2D eigenvalue weighted by molar-refractivity contribution is 0.0975. The number of aryl methyl sites for hydroxylation is 3. The van der Waals surface area contributed by atoms with Crippen LogP contribution in [0.15, 0.2) is 18.3 Å². The number of aromatic nitrogens is 2. The van der Waals surface area contributed by atoms with Crippen LogP contribution in [0.25, 0.3) is 0 Å². The van der Waals surface area contributed by atoms with Crippen LogP contribution in [0.2, 0.25) is 0 Å². The van der Waals surface area contributed by atoms with Crippen molar-refractivity contribution in [2.24, 2.45) is 0 Å². The fraction of sp³-hybridized carbons (Fsp3) is 0.524. The van der Waals surface area contributed by atoms with Gasteiger partial charge in [-0.3, -0.25) is 4.79 Å². The quantitative estimate of drug-likeness (QED) is 0.706. The number of nitrogens with zero attached hydrogens (tertiary/aromatic N) is 2. The lowest BCUT2D eigenvalue weighted by Crippen LogP contribution is -2.14. The number of fused-ring (bicyclic) bond motifs is 1. The van der Waals surface area contributed by atoms with E-state index in [4.69, 9.17) is 4.74 Å². The van der Waals surface area contributed by atoms with Crippen LogP contribution in [-0.4, -0.2) is 21.9 Å². The van der Waals surface area contributed by atoms with Crippen molar-refractivity contribution >= 4 is 5.78 Å². The number of carbonyl (C=O) groups excluding carboxylic acids is 1. The summed E-state index contributed by atoms with van der Waals surface area (Å²) >= 11 is 0. The van der Waals surface area contributed by atoms with Gasteiger partial charge in [-0.15, -0.1) is 0 Å². The molecule has 4 heteroatoms. The fourth-order valence-electron chi connectivity index (χ4n) is 3.82. The monoisotopic (exact) mass is 340 g/mol. The van der Waals surface area contributed by atoms with E-state index in [2.05, 4.69) is 16.5 Å². The van der Waals surface area contributed by atoms with E-state index in [-0.39, 0.29) is 5.78 Å². The van der Waals surface area contributed by atoms with Crippen LogP contribution in [0.3, 0.4) is 0 Å². The molecular weight excluding hydrogens is 312 g/mol. The maximum Gasteiger partial charge on any atom is 0.164 e. The molecule has 0 unspecified atom stereocenters. The van der Waals surface area contributed by atoms with Gasteiger partial charge in [0, 0.05) is 31.1 Å². The summed E-state index contributed by atoms with van der Waals surface area (Å²) in [5.41, 5.74) is 4.39. The molecule has 1 aromatic carbocycles. The van der Waals surface area contributed by atoms with E-state index in [9.17, 15) is 4.79 Å². The molecule has 0 radical (unpaired) electrons. The maximum absolute atomic E-state index is 12.9. The standard InChI is InChI=1S/C21H28N2O2/c1-4-21-22-15(3)14-23(21)13-12-19(24)17-10-11-20(25-5-2)18-9-7-6-8-16(17)18/h10-11,14H,4-9,12-13H2,1-3H3. The van der Waals surface area contributed by atoms with Crippen LogP contribution in [-0.2, 0) is 25.8 Å². The predicted octanol–water partition coefficient (Wildman–Crippen LogP) is 4.30. The normalized spacial score (nSPS) is 13.6. The van der Waals surface area contributed by atoms with Crippen molar-refractivity contribution in [1.82, 2.24) is 9.55 Å². The summed E-state index contributed by atoms with van der Waals surface area (Å²) in [6.07, 6.45) is 7.79. The molecule has 2 aromatic rings. The fourth-order valence-corrected chi connectivity index (χ4v) is 3.82. The van der Waals surface area contributed by atoms with E-state index in [1.54, 1.807) is 0 Å². The molecule has 0 saturated heterocycles. The average Bonchev–Trinajstić information content (AvgIpc) is 3.00. The van der Waals surface area contributed by atoms with Gasteiger partial charge in [0.2, 0.25) is 0 Å². The number of carbonyl (C=O) groups is 1. The molecule has 0 bridgehead atoms. The summed E-state index contributed by atoms with van der Waals surface area (Å²) in [4.78, 5) is 17.4. The van der Waals surface area contributed by atoms with E-state index in [0.717, 1.165) is 48.5 Å². The Bertz CT molecular complexity index is 761. The van der Waals surface area contributed by atoms with E-state index in [0.29, 0.717) is 19.6 Å². The van der Waals surface area contributed by atoms with Gasteiger partial charge in [-0.25, -0.2) is 4.98 Å². The predicted molar refractivity (Wildman–Crippen MR) is 99.5 cm³/mol. The molecule has 0 amide bonds. The van der Waals surface area contributed by atoms with Gasteiger partial charge in [0.05, 0.1) is 12.3 Å². The summed E-state index contributed by atoms with van der Waals surface area (Å²) in [6.45, 7) is 7.47. The van der Waals surface area contributed by atoms with Crippen molar-refractivity contribution in [3.63, 3.8) is 0 Å². The van der Waals surface area contributed by atoms with Gasteiger partial charge in [0.15, 0.2) is 5.78 Å². The Morgan fingerprint density at radius 1 is 1.20 bits per heavy atom. The highest BCUT2D eigenvalue weighted by Gasteiger charge is 2.21. The van der Waals surface area contributed by atoms with Crippen molar-refractivity contribution in [3.8, 4) is 5.75 Å². The second-order valence-corrected chi connectivity index (χ2v) is 6.73. The number of rotatable bonds is 7. The van der Waals surface area contributed by atoms with E-state index in [1.807, 2.05) is 32.2 Å². The summed E-state index contributed by atoms with van der Waals surface area (Å²) in [5, 5.41) is 0. The largest absolute Gasteiger partial charge is 0.494 e. The van der Waals surface area contributed by atoms with Crippen LogP contribution in [0, 0.1) is 6.92 Å². The van der Waals surface area contributed by atoms with Crippen LogP contribution in [0.1, 0.15) is 66.1 Å². The summed E-state index contributed by atoms with van der Waals surface area (Å²) in [6, 6.07) is 3.96. The zero-order valence-electron chi connectivity index (χ0n) is 15.6. The lowest BCUT2D eigenvalue weighted by atomic mass is 9.86. The minimum atomic E-state index is 0.231. The number of benzene rings is 1. The van der Waals surface area contributed by atoms with Crippen molar-refractivity contribution in [1.29, 1.82) is 0 Å². The zero-order chi connectivity index (χ0) is 17.8. The van der Waals surface area contributed by atoms with Gasteiger partial charge >= 0.3 is 0 Å². The van der Waals surface area contributed by atoms with Gasteiger partial charge in [-0.05, 0) is 62.8 Å². The Hall–Kier alpha value is -2.10. The van der Waals surface area contributed by atoms with Crippen LogP contribution >= 0.6 is 0 Å². The molecule has 0 saturated carbocycles. The summed E-state index contributed by atoms with van der Waals surface area (Å²) < 4.78 is 7.90. The Morgan fingerprint density at radius 3 is 2.68 bits per heavy atom. The van der Waals surface area contributed by atoms with Crippen molar-refractivity contribution in [3.05, 3.63) is 46.5 Å². The number of ether oxygens (including phenoxy) is 1. The van der Waals surface area contributed by atoms with Crippen molar-refractivity contribution in [2.45, 2.75) is 65.8 Å². The molecule has 0 atom stereocenters. The van der Waals surface area contributed by atoms with Gasteiger partial charge in [0.1, 0.15) is 11.6 Å². The Kier molecular flexibility index (Phi) is 5.57. The molecule has 0 N–H and O–H groups in total. The van der Waals surface area contributed by atoms with E-state index in [1.165, 1.54) is 17.5 Å². The van der Waals surface area contributed by atoms with Gasteiger partial charge < -0.3 is 9.30 Å². The molecule has 1 aliphatic carbocycles. The first-order valence-corrected chi connectivity index (χ1v) is 9.47. The van der Waals surface area contributed by atoms with Crippen LogP contribution in [0.5, 0.6) is 5.75 Å². The SMILES string of the molecule is CCOc1ccc(C(=O)CCn2cc(C)nc2CC)c2c1CCCC2.